The normalized spacial score (nSPS) is 10.5. The zero-order valence-electron chi connectivity index (χ0n) is 10.2. The lowest BCUT2D eigenvalue weighted by Crippen LogP contribution is -2.07. The fourth-order valence-corrected chi connectivity index (χ4v) is 1.79. The number of ether oxygens (including phenoxy) is 1. The van der Waals surface area contributed by atoms with Gasteiger partial charge < -0.3 is 15.0 Å². The van der Waals surface area contributed by atoms with E-state index in [1.54, 1.807) is 7.11 Å². The van der Waals surface area contributed by atoms with Crippen LogP contribution in [0.15, 0.2) is 30.5 Å². The van der Waals surface area contributed by atoms with Crippen molar-refractivity contribution in [2.75, 3.05) is 13.7 Å². The van der Waals surface area contributed by atoms with E-state index < -0.39 is 0 Å². The Hall–Kier alpha value is -1.81. The van der Waals surface area contributed by atoms with Gasteiger partial charge in [-0.3, -0.25) is 0 Å². The molecule has 1 aromatic heterocycles. The Bertz CT molecular complexity index is 505. The van der Waals surface area contributed by atoms with Crippen molar-refractivity contribution in [2.45, 2.75) is 6.42 Å². The molecule has 90 valence electrons. The van der Waals surface area contributed by atoms with E-state index in [9.17, 15) is 0 Å². The number of aromatic nitrogens is 2. The summed E-state index contributed by atoms with van der Waals surface area (Å²) in [4.78, 5) is 4.57. The van der Waals surface area contributed by atoms with Crippen LogP contribution in [-0.4, -0.2) is 23.2 Å². The van der Waals surface area contributed by atoms with Crippen molar-refractivity contribution in [2.24, 2.45) is 12.8 Å². The Labute approximate surface area is 101 Å². The summed E-state index contributed by atoms with van der Waals surface area (Å²) >= 11 is 0. The molecule has 0 atom stereocenters. The second-order valence-electron chi connectivity index (χ2n) is 3.92. The molecule has 2 N–H and O–H groups in total. The molecule has 1 aromatic carbocycles. The van der Waals surface area contributed by atoms with E-state index in [0.717, 1.165) is 29.3 Å². The quantitative estimate of drug-likeness (QED) is 0.869. The van der Waals surface area contributed by atoms with Crippen LogP contribution in [0.1, 0.15) is 5.82 Å². The maximum absolute atomic E-state index is 5.55. The first-order chi connectivity index (χ1) is 8.24. The Morgan fingerprint density at radius 1 is 1.41 bits per heavy atom. The molecular formula is C13H17N3O. The number of nitrogens with zero attached hydrogens (tertiary/aromatic N) is 2. The third-order valence-electron chi connectivity index (χ3n) is 2.71. The van der Waals surface area contributed by atoms with E-state index >= 15 is 0 Å². The lowest BCUT2D eigenvalue weighted by atomic mass is 10.1. The van der Waals surface area contributed by atoms with E-state index in [-0.39, 0.29) is 0 Å². The molecule has 0 bridgehead atoms. The molecule has 0 aliphatic carbocycles. The number of hydrogen-bond acceptors (Lipinski definition) is 3. The van der Waals surface area contributed by atoms with E-state index in [2.05, 4.69) is 4.98 Å². The molecule has 2 aromatic rings. The molecular weight excluding hydrogens is 214 g/mol. The summed E-state index contributed by atoms with van der Waals surface area (Å²) in [5.74, 6) is 1.85. The van der Waals surface area contributed by atoms with E-state index in [4.69, 9.17) is 10.5 Å². The van der Waals surface area contributed by atoms with Gasteiger partial charge in [-0.05, 0) is 18.7 Å². The number of nitrogens with two attached hydrogens (primary N) is 1. The fraction of sp³-hybridized carbons (Fsp3) is 0.308. The van der Waals surface area contributed by atoms with Gasteiger partial charge in [-0.25, -0.2) is 4.98 Å². The summed E-state index contributed by atoms with van der Waals surface area (Å²) in [6.07, 6.45) is 2.81. The Kier molecular flexibility index (Phi) is 3.44. The highest BCUT2D eigenvalue weighted by molar-refractivity contribution is 5.60. The highest BCUT2D eigenvalue weighted by Crippen LogP contribution is 2.22. The van der Waals surface area contributed by atoms with E-state index in [1.165, 1.54) is 0 Å². The van der Waals surface area contributed by atoms with Crippen LogP contribution in [-0.2, 0) is 13.5 Å². The molecule has 2 rings (SSSR count). The zero-order chi connectivity index (χ0) is 12.3. The number of hydrogen-bond donors (Lipinski definition) is 1. The zero-order valence-corrected chi connectivity index (χ0v) is 10.2. The molecule has 0 radical (unpaired) electrons. The smallest absolute Gasteiger partial charge is 0.119 e. The summed E-state index contributed by atoms with van der Waals surface area (Å²) in [5, 5.41) is 0. The second kappa shape index (κ2) is 5.01. The van der Waals surface area contributed by atoms with Gasteiger partial charge in [0.05, 0.1) is 12.8 Å². The predicted molar refractivity (Wildman–Crippen MR) is 68.0 cm³/mol. The molecule has 0 unspecified atom stereocenters. The number of rotatable bonds is 4. The number of aryl methyl sites for hydroxylation is 1. The van der Waals surface area contributed by atoms with Gasteiger partial charge in [0.1, 0.15) is 11.6 Å². The van der Waals surface area contributed by atoms with E-state index in [0.29, 0.717) is 6.54 Å². The van der Waals surface area contributed by atoms with Gasteiger partial charge in [-0.2, -0.15) is 0 Å². The minimum atomic E-state index is 0.613. The largest absolute Gasteiger partial charge is 0.497 e. The average molecular weight is 231 g/mol. The summed E-state index contributed by atoms with van der Waals surface area (Å²) in [7, 11) is 3.65. The van der Waals surface area contributed by atoms with Gasteiger partial charge in [-0.1, -0.05) is 12.1 Å². The molecule has 0 amide bonds. The van der Waals surface area contributed by atoms with E-state index in [1.807, 2.05) is 42.1 Å². The van der Waals surface area contributed by atoms with Crippen molar-refractivity contribution in [3.05, 3.63) is 36.3 Å². The third kappa shape index (κ3) is 2.47. The first kappa shape index (κ1) is 11.7. The molecule has 0 saturated heterocycles. The predicted octanol–water partition coefficient (Wildman–Crippen LogP) is 1.60. The van der Waals surface area contributed by atoms with Crippen LogP contribution in [0.2, 0.25) is 0 Å². The maximum atomic E-state index is 5.55. The number of imidazole rings is 1. The highest BCUT2D eigenvalue weighted by atomic mass is 16.5. The molecule has 0 aliphatic heterocycles. The van der Waals surface area contributed by atoms with Crippen molar-refractivity contribution >= 4 is 0 Å². The Morgan fingerprint density at radius 2 is 2.24 bits per heavy atom. The Balaban J connectivity index is 2.35. The van der Waals surface area contributed by atoms with Crippen LogP contribution in [0.3, 0.4) is 0 Å². The van der Waals surface area contributed by atoms with Gasteiger partial charge in [0, 0.05) is 25.2 Å². The first-order valence-corrected chi connectivity index (χ1v) is 5.61. The average Bonchev–Trinajstić information content (AvgIpc) is 2.72. The van der Waals surface area contributed by atoms with Crippen molar-refractivity contribution in [1.29, 1.82) is 0 Å². The van der Waals surface area contributed by atoms with Crippen LogP contribution >= 0.6 is 0 Å². The van der Waals surface area contributed by atoms with Crippen LogP contribution in [0, 0.1) is 0 Å². The van der Waals surface area contributed by atoms with Crippen molar-refractivity contribution < 1.29 is 4.74 Å². The summed E-state index contributed by atoms with van der Waals surface area (Å²) < 4.78 is 7.22. The van der Waals surface area contributed by atoms with Gasteiger partial charge in [-0.15, -0.1) is 0 Å². The van der Waals surface area contributed by atoms with Crippen LogP contribution in [0.25, 0.3) is 11.3 Å². The standard InChI is InChI=1S/C13H17N3O/c1-16-9-12(15-13(16)6-7-14)10-4-3-5-11(8-10)17-2/h3-5,8-9H,6-7,14H2,1-2H3. The minimum Gasteiger partial charge on any atom is -0.497 e. The van der Waals surface area contributed by atoms with Crippen molar-refractivity contribution in [3.8, 4) is 17.0 Å². The molecule has 4 heteroatoms. The lowest BCUT2D eigenvalue weighted by molar-refractivity contribution is 0.415. The van der Waals surface area contributed by atoms with Crippen LogP contribution in [0.5, 0.6) is 5.75 Å². The molecule has 4 nitrogen and oxygen atoms in total. The highest BCUT2D eigenvalue weighted by Gasteiger charge is 2.07. The molecule has 0 saturated carbocycles. The minimum absolute atomic E-state index is 0.613. The molecule has 1 heterocycles. The van der Waals surface area contributed by atoms with Crippen LogP contribution in [0.4, 0.5) is 0 Å². The van der Waals surface area contributed by atoms with Crippen LogP contribution < -0.4 is 10.5 Å². The van der Waals surface area contributed by atoms with Gasteiger partial charge in [0.25, 0.3) is 0 Å². The Morgan fingerprint density at radius 3 is 2.94 bits per heavy atom. The number of benzene rings is 1. The summed E-state index contributed by atoms with van der Waals surface area (Å²) in [6, 6.07) is 7.89. The third-order valence-corrected chi connectivity index (χ3v) is 2.71. The lowest BCUT2D eigenvalue weighted by Gasteiger charge is -2.01. The van der Waals surface area contributed by atoms with Gasteiger partial charge in [0.15, 0.2) is 0 Å². The molecule has 0 aliphatic rings. The fourth-order valence-electron chi connectivity index (χ4n) is 1.79. The summed E-state index contributed by atoms with van der Waals surface area (Å²) in [5.41, 5.74) is 7.56. The SMILES string of the molecule is COc1cccc(-c2cn(C)c(CCN)n2)c1. The molecule has 0 spiro atoms. The van der Waals surface area contributed by atoms with Crippen molar-refractivity contribution in [3.63, 3.8) is 0 Å². The first-order valence-electron chi connectivity index (χ1n) is 5.61. The second-order valence-corrected chi connectivity index (χ2v) is 3.92. The van der Waals surface area contributed by atoms with Gasteiger partial charge >= 0.3 is 0 Å². The molecule has 17 heavy (non-hydrogen) atoms. The van der Waals surface area contributed by atoms with Crippen molar-refractivity contribution in [1.82, 2.24) is 9.55 Å². The molecule has 0 fully saturated rings. The number of methoxy groups -OCH3 is 1. The van der Waals surface area contributed by atoms with Gasteiger partial charge in [0.2, 0.25) is 0 Å². The maximum Gasteiger partial charge on any atom is 0.119 e. The summed E-state index contributed by atoms with van der Waals surface area (Å²) in [6.45, 7) is 0.613. The topological polar surface area (TPSA) is 53.1 Å². The monoisotopic (exact) mass is 231 g/mol.